The summed E-state index contributed by atoms with van der Waals surface area (Å²) < 4.78 is 0. The maximum Gasteiger partial charge on any atom is 0.224 e. The lowest BCUT2D eigenvalue weighted by Gasteiger charge is -2.19. The van der Waals surface area contributed by atoms with E-state index in [1.54, 1.807) is 0 Å². The van der Waals surface area contributed by atoms with Crippen molar-refractivity contribution in [2.75, 3.05) is 5.32 Å². The molecule has 0 unspecified atom stereocenters. The van der Waals surface area contributed by atoms with Crippen LogP contribution in [0.5, 0.6) is 0 Å². The van der Waals surface area contributed by atoms with Gasteiger partial charge in [0, 0.05) is 12.6 Å². The zero-order valence-electron chi connectivity index (χ0n) is 13.8. The van der Waals surface area contributed by atoms with Gasteiger partial charge in [0.05, 0.1) is 12.5 Å². The Labute approximate surface area is 142 Å². The van der Waals surface area contributed by atoms with Crippen molar-refractivity contribution in [1.29, 1.82) is 0 Å². The van der Waals surface area contributed by atoms with Gasteiger partial charge >= 0.3 is 0 Å². The van der Waals surface area contributed by atoms with Crippen LogP contribution in [0.15, 0.2) is 54.6 Å². The molecule has 2 amide bonds. The zero-order valence-corrected chi connectivity index (χ0v) is 13.8. The monoisotopic (exact) mass is 322 g/mol. The topological polar surface area (TPSA) is 58.2 Å². The number of amides is 2. The predicted molar refractivity (Wildman–Crippen MR) is 94.5 cm³/mol. The molecule has 124 valence electrons. The van der Waals surface area contributed by atoms with Crippen molar-refractivity contribution in [1.82, 2.24) is 5.32 Å². The van der Waals surface area contributed by atoms with Gasteiger partial charge in [-0.25, -0.2) is 0 Å². The summed E-state index contributed by atoms with van der Waals surface area (Å²) >= 11 is 0. The van der Waals surface area contributed by atoms with Crippen LogP contribution in [-0.2, 0) is 16.0 Å². The van der Waals surface area contributed by atoms with E-state index in [9.17, 15) is 9.59 Å². The van der Waals surface area contributed by atoms with Crippen LogP contribution in [0.2, 0.25) is 0 Å². The average molecular weight is 322 g/mol. The molecule has 0 radical (unpaired) electrons. The second-order valence-electron chi connectivity index (χ2n) is 6.35. The molecule has 0 aromatic heterocycles. The number of hydrogen-bond acceptors (Lipinski definition) is 2. The molecule has 0 spiro atoms. The molecule has 0 heterocycles. The fraction of sp³-hybridized carbons (Fsp3) is 0.300. The molecule has 1 aliphatic carbocycles. The molecule has 1 fully saturated rings. The van der Waals surface area contributed by atoms with Gasteiger partial charge in [-0.1, -0.05) is 42.5 Å². The average Bonchev–Trinajstić information content (AvgIpc) is 3.40. The number of rotatable bonds is 6. The van der Waals surface area contributed by atoms with E-state index in [4.69, 9.17) is 0 Å². The molecule has 2 aromatic carbocycles. The summed E-state index contributed by atoms with van der Waals surface area (Å²) in [5, 5.41) is 5.90. The Morgan fingerprint density at radius 1 is 1.04 bits per heavy atom. The number of benzene rings is 2. The molecule has 3 rings (SSSR count). The van der Waals surface area contributed by atoms with E-state index in [2.05, 4.69) is 22.8 Å². The van der Waals surface area contributed by atoms with Crippen LogP contribution in [0.25, 0.3) is 0 Å². The lowest BCUT2D eigenvalue weighted by atomic mass is 10.0. The first kappa shape index (κ1) is 16.2. The maximum atomic E-state index is 12.4. The summed E-state index contributed by atoms with van der Waals surface area (Å²) in [5.74, 6) is 0.483. The molecule has 2 N–H and O–H groups in total. The van der Waals surface area contributed by atoms with Gasteiger partial charge in [0.2, 0.25) is 11.8 Å². The fourth-order valence-electron chi connectivity index (χ4n) is 2.88. The van der Waals surface area contributed by atoms with Crippen molar-refractivity contribution in [2.24, 2.45) is 5.92 Å². The second kappa shape index (κ2) is 7.30. The van der Waals surface area contributed by atoms with E-state index in [1.807, 2.05) is 42.5 Å². The van der Waals surface area contributed by atoms with Gasteiger partial charge < -0.3 is 10.6 Å². The summed E-state index contributed by atoms with van der Waals surface area (Å²) in [4.78, 5) is 23.4. The molecule has 1 aliphatic rings. The third kappa shape index (κ3) is 4.44. The highest BCUT2D eigenvalue weighted by Crippen LogP contribution is 2.40. The molecule has 0 bridgehead atoms. The number of hydrogen-bond donors (Lipinski definition) is 2. The normalized spacial score (nSPS) is 14.7. The largest absolute Gasteiger partial charge is 0.349 e. The van der Waals surface area contributed by atoms with Crippen LogP contribution in [0.4, 0.5) is 5.69 Å². The van der Waals surface area contributed by atoms with Gasteiger partial charge in [0.25, 0.3) is 0 Å². The van der Waals surface area contributed by atoms with Gasteiger partial charge in [0.15, 0.2) is 0 Å². The molecule has 2 aromatic rings. The Balaban J connectivity index is 1.61. The number of carbonyl (C=O) groups excluding carboxylic acids is 2. The van der Waals surface area contributed by atoms with Crippen LogP contribution in [0, 0.1) is 5.92 Å². The molecular weight excluding hydrogens is 300 g/mol. The lowest BCUT2D eigenvalue weighted by molar-refractivity contribution is -0.121. The summed E-state index contributed by atoms with van der Waals surface area (Å²) in [7, 11) is 0. The Morgan fingerprint density at radius 2 is 1.71 bits per heavy atom. The summed E-state index contributed by atoms with van der Waals surface area (Å²) in [6.07, 6.45) is 2.69. The molecular formula is C20H22N2O2. The van der Waals surface area contributed by atoms with E-state index in [1.165, 1.54) is 25.3 Å². The Morgan fingerprint density at radius 3 is 2.29 bits per heavy atom. The fourth-order valence-corrected chi connectivity index (χ4v) is 2.88. The van der Waals surface area contributed by atoms with Gasteiger partial charge in [-0.3, -0.25) is 9.59 Å². The van der Waals surface area contributed by atoms with Crippen LogP contribution < -0.4 is 10.6 Å². The van der Waals surface area contributed by atoms with Gasteiger partial charge in [-0.15, -0.1) is 0 Å². The summed E-state index contributed by atoms with van der Waals surface area (Å²) in [5.41, 5.74) is 2.85. The second-order valence-corrected chi connectivity index (χ2v) is 6.35. The number of carbonyl (C=O) groups is 2. The predicted octanol–water partition coefficient (Wildman–Crippen LogP) is 3.46. The SMILES string of the molecule is CC(=O)Nc1ccc(CC(=O)N[C@H](c2ccccc2)C2CC2)cc1. The van der Waals surface area contributed by atoms with Crippen molar-refractivity contribution < 1.29 is 9.59 Å². The first-order chi connectivity index (χ1) is 11.6. The Bertz CT molecular complexity index is 706. The smallest absolute Gasteiger partial charge is 0.224 e. The highest BCUT2D eigenvalue weighted by atomic mass is 16.2. The highest BCUT2D eigenvalue weighted by Gasteiger charge is 2.33. The molecule has 1 atom stereocenters. The third-order valence-electron chi connectivity index (χ3n) is 4.21. The minimum Gasteiger partial charge on any atom is -0.349 e. The lowest BCUT2D eigenvalue weighted by Crippen LogP contribution is -2.31. The highest BCUT2D eigenvalue weighted by molar-refractivity contribution is 5.88. The van der Waals surface area contributed by atoms with Crippen LogP contribution >= 0.6 is 0 Å². The van der Waals surface area contributed by atoms with E-state index in [-0.39, 0.29) is 17.9 Å². The van der Waals surface area contributed by atoms with Gasteiger partial charge in [-0.05, 0) is 42.0 Å². The van der Waals surface area contributed by atoms with Crippen LogP contribution in [0.1, 0.15) is 36.9 Å². The van der Waals surface area contributed by atoms with Crippen LogP contribution in [-0.4, -0.2) is 11.8 Å². The Kier molecular flexibility index (Phi) is 4.94. The first-order valence-electron chi connectivity index (χ1n) is 8.32. The Hall–Kier alpha value is -2.62. The van der Waals surface area contributed by atoms with Crippen molar-refractivity contribution in [2.45, 2.75) is 32.2 Å². The molecule has 0 aliphatic heterocycles. The first-order valence-corrected chi connectivity index (χ1v) is 8.32. The molecule has 0 saturated heterocycles. The minimum absolute atomic E-state index is 0.0306. The van der Waals surface area contributed by atoms with Crippen molar-refractivity contribution in [3.8, 4) is 0 Å². The van der Waals surface area contributed by atoms with E-state index in [0.717, 1.165) is 11.3 Å². The minimum atomic E-state index is -0.101. The van der Waals surface area contributed by atoms with Gasteiger partial charge in [0.1, 0.15) is 0 Å². The summed E-state index contributed by atoms with van der Waals surface area (Å²) in [6, 6.07) is 17.7. The third-order valence-corrected chi connectivity index (χ3v) is 4.21. The summed E-state index contributed by atoms with van der Waals surface area (Å²) in [6.45, 7) is 1.48. The quantitative estimate of drug-likeness (QED) is 0.856. The molecule has 24 heavy (non-hydrogen) atoms. The maximum absolute atomic E-state index is 12.4. The molecule has 1 saturated carbocycles. The van der Waals surface area contributed by atoms with E-state index >= 15 is 0 Å². The standard InChI is InChI=1S/C20H22N2O2/c1-14(23)21-18-11-7-15(8-12-18)13-19(24)22-20(17-9-10-17)16-5-3-2-4-6-16/h2-8,11-12,17,20H,9-10,13H2,1H3,(H,21,23)(H,22,24)/t20-/m1/s1. The zero-order chi connectivity index (χ0) is 16.9. The molecule has 4 nitrogen and oxygen atoms in total. The van der Waals surface area contributed by atoms with Crippen molar-refractivity contribution in [3.63, 3.8) is 0 Å². The van der Waals surface area contributed by atoms with E-state index < -0.39 is 0 Å². The van der Waals surface area contributed by atoms with Gasteiger partial charge in [-0.2, -0.15) is 0 Å². The number of anilines is 1. The van der Waals surface area contributed by atoms with Crippen LogP contribution in [0.3, 0.4) is 0 Å². The van der Waals surface area contributed by atoms with E-state index in [0.29, 0.717) is 12.3 Å². The van der Waals surface area contributed by atoms with Crippen molar-refractivity contribution in [3.05, 3.63) is 65.7 Å². The molecule has 4 heteroatoms. The number of nitrogens with one attached hydrogen (secondary N) is 2. The van der Waals surface area contributed by atoms with Crippen molar-refractivity contribution >= 4 is 17.5 Å².